The van der Waals surface area contributed by atoms with Crippen LogP contribution in [0.15, 0.2) is 24.3 Å². The lowest BCUT2D eigenvalue weighted by molar-refractivity contribution is 0.539. The van der Waals surface area contributed by atoms with Gasteiger partial charge in [-0.05, 0) is 24.0 Å². The molecule has 0 amide bonds. The Morgan fingerprint density at radius 2 is 1.73 bits per heavy atom. The Kier molecular flexibility index (Phi) is 4.34. The Hall–Kier alpha value is -0.820. The number of benzene rings is 1. The van der Waals surface area contributed by atoms with Crippen LogP contribution < -0.4 is 5.73 Å². The summed E-state index contributed by atoms with van der Waals surface area (Å²) in [6.07, 6.45) is 3.73. The topological polar surface area (TPSA) is 26.0 Å². The van der Waals surface area contributed by atoms with Crippen molar-refractivity contribution in [1.29, 1.82) is 0 Å². The van der Waals surface area contributed by atoms with Gasteiger partial charge in [-0.2, -0.15) is 0 Å². The fourth-order valence-corrected chi connectivity index (χ4v) is 1.62. The molecule has 0 fully saturated rings. The third kappa shape index (κ3) is 3.35. The first-order chi connectivity index (χ1) is 7.10. The Morgan fingerprint density at radius 3 is 2.20 bits per heavy atom. The molecule has 0 aliphatic heterocycles. The van der Waals surface area contributed by atoms with Crippen molar-refractivity contribution in [2.45, 2.75) is 45.4 Å². The zero-order valence-corrected chi connectivity index (χ0v) is 10.2. The van der Waals surface area contributed by atoms with Crippen molar-refractivity contribution < 1.29 is 0 Å². The minimum atomic E-state index is 0.100. The maximum absolute atomic E-state index is 5.76. The highest BCUT2D eigenvalue weighted by atomic mass is 14.6. The quantitative estimate of drug-likeness (QED) is 0.784. The molecule has 0 saturated heterocycles. The van der Waals surface area contributed by atoms with Crippen molar-refractivity contribution >= 4 is 0 Å². The van der Waals surface area contributed by atoms with E-state index >= 15 is 0 Å². The monoisotopic (exact) mass is 205 g/mol. The lowest BCUT2D eigenvalue weighted by atomic mass is 9.84. The molecule has 0 radical (unpaired) electrons. The van der Waals surface area contributed by atoms with E-state index in [0.29, 0.717) is 6.54 Å². The lowest BCUT2D eigenvalue weighted by Gasteiger charge is -2.23. The Balaban J connectivity index is 2.72. The number of aryl methyl sites for hydroxylation is 1. The lowest BCUT2D eigenvalue weighted by Crippen LogP contribution is -2.27. The molecular weight excluding hydrogens is 182 g/mol. The van der Waals surface area contributed by atoms with Crippen molar-refractivity contribution in [2.75, 3.05) is 6.54 Å². The van der Waals surface area contributed by atoms with E-state index in [-0.39, 0.29) is 5.41 Å². The molecule has 0 spiro atoms. The second-order valence-corrected chi connectivity index (χ2v) is 4.89. The Labute approximate surface area is 93.7 Å². The summed E-state index contributed by atoms with van der Waals surface area (Å²) in [5, 5.41) is 0. The van der Waals surface area contributed by atoms with Gasteiger partial charge in [-0.3, -0.25) is 0 Å². The average molecular weight is 205 g/mol. The van der Waals surface area contributed by atoms with Gasteiger partial charge in [0.05, 0.1) is 0 Å². The van der Waals surface area contributed by atoms with Crippen LogP contribution in [0.5, 0.6) is 0 Å². The van der Waals surface area contributed by atoms with Gasteiger partial charge in [-0.1, -0.05) is 51.5 Å². The van der Waals surface area contributed by atoms with Crippen LogP contribution in [-0.4, -0.2) is 6.54 Å². The second-order valence-electron chi connectivity index (χ2n) is 4.89. The molecule has 0 heterocycles. The van der Waals surface area contributed by atoms with Crippen LogP contribution in [0.1, 0.15) is 44.7 Å². The molecule has 2 N–H and O–H groups in total. The highest BCUT2D eigenvalue weighted by Gasteiger charge is 2.17. The summed E-state index contributed by atoms with van der Waals surface area (Å²) in [6.45, 7) is 7.30. The Bertz CT molecular complexity index is 285. The summed E-state index contributed by atoms with van der Waals surface area (Å²) >= 11 is 0. The molecular formula is C14H23N. The molecule has 0 bridgehead atoms. The van der Waals surface area contributed by atoms with Crippen LogP contribution in [0.4, 0.5) is 0 Å². The van der Waals surface area contributed by atoms with E-state index in [0.717, 1.165) is 0 Å². The molecule has 0 atom stereocenters. The molecule has 0 aromatic heterocycles. The van der Waals surface area contributed by atoms with Gasteiger partial charge in [0.15, 0.2) is 0 Å². The predicted octanol–water partition coefficient (Wildman–Crippen LogP) is 3.27. The van der Waals surface area contributed by atoms with Gasteiger partial charge in [-0.25, -0.2) is 0 Å². The molecule has 1 aromatic rings. The highest BCUT2D eigenvalue weighted by Crippen LogP contribution is 2.22. The van der Waals surface area contributed by atoms with Crippen molar-refractivity contribution in [3.05, 3.63) is 35.4 Å². The molecule has 1 rings (SSSR count). The largest absolute Gasteiger partial charge is 0.330 e. The van der Waals surface area contributed by atoms with E-state index in [9.17, 15) is 0 Å². The summed E-state index contributed by atoms with van der Waals surface area (Å²) in [5.74, 6) is 0. The normalized spacial score (nSPS) is 11.7. The van der Waals surface area contributed by atoms with E-state index in [4.69, 9.17) is 5.73 Å². The van der Waals surface area contributed by atoms with Crippen molar-refractivity contribution in [1.82, 2.24) is 0 Å². The van der Waals surface area contributed by atoms with Gasteiger partial charge < -0.3 is 5.73 Å². The molecule has 0 aliphatic rings. The van der Waals surface area contributed by atoms with Crippen LogP contribution in [-0.2, 0) is 11.8 Å². The summed E-state index contributed by atoms with van der Waals surface area (Å²) in [7, 11) is 0. The predicted molar refractivity (Wildman–Crippen MR) is 67.1 cm³/mol. The summed E-state index contributed by atoms with van der Waals surface area (Å²) in [4.78, 5) is 0. The standard InChI is InChI=1S/C14H23N/c1-4-5-6-12-7-9-13(10-8-12)14(2,3)11-15/h7-10H,4-6,11,15H2,1-3H3. The minimum absolute atomic E-state index is 0.100. The average Bonchev–Trinajstić information content (AvgIpc) is 2.27. The molecule has 15 heavy (non-hydrogen) atoms. The van der Waals surface area contributed by atoms with Crippen LogP contribution in [0.3, 0.4) is 0 Å². The van der Waals surface area contributed by atoms with Gasteiger partial charge in [0.2, 0.25) is 0 Å². The molecule has 1 heteroatoms. The zero-order chi connectivity index (χ0) is 11.3. The number of rotatable bonds is 5. The summed E-state index contributed by atoms with van der Waals surface area (Å²) in [5.41, 5.74) is 8.63. The first kappa shape index (κ1) is 12.3. The van der Waals surface area contributed by atoms with Crippen molar-refractivity contribution in [3.8, 4) is 0 Å². The van der Waals surface area contributed by atoms with Gasteiger partial charge in [0.25, 0.3) is 0 Å². The molecule has 0 unspecified atom stereocenters. The van der Waals surface area contributed by atoms with E-state index in [1.165, 1.54) is 30.4 Å². The van der Waals surface area contributed by atoms with Crippen LogP contribution in [0.2, 0.25) is 0 Å². The molecule has 1 nitrogen and oxygen atoms in total. The Morgan fingerprint density at radius 1 is 1.13 bits per heavy atom. The molecule has 0 saturated carbocycles. The van der Waals surface area contributed by atoms with Crippen LogP contribution in [0.25, 0.3) is 0 Å². The molecule has 1 aromatic carbocycles. The van der Waals surface area contributed by atoms with E-state index in [1.54, 1.807) is 0 Å². The van der Waals surface area contributed by atoms with E-state index in [1.807, 2.05) is 0 Å². The third-order valence-corrected chi connectivity index (χ3v) is 3.06. The first-order valence-corrected chi connectivity index (χ1v) is 5.89. The zero-order valence-electron chi connectivity index (χ0n) is 10.2. The van der Waals surface area contributed by atoms with Gasteiger partial charge in [0.1, 0.15) is 0 Å². The number of hydrogen-bond donors (Lipinski definition) is 1. The van der Waals surface area contributed by atoms with E-state index < -0.39 is 0 Å². The van der Waals surface area contributed by atoms with Gasteiger partial charge in [-0.15, -0.1) is 0 Å². The fraction of sp³-hybridized carbons (Fsp3) is 0.571. The summed E-state index contributed by atoms with van der Waals surface area (Å²) < 4.78 is 0. The number of nitrogens with two attached hydrogens (primary N) is 1. The number of unbranched alkanes of at least 4 members (excludes halogenated alkanes) is 1. The SMILES string of the molecule is CCCCc1ccc(C(C)(C)CN)cc1. The smallest absolute Gasteiger partial charge is 0.00190 e. The molecule has 0 aliphatic carbocycles. The van der Waals surface area contributed by atoms with Crippen LogP contribution in [0, 0.1) is 0 Å². The summed E-state index contributed by atoms with van der Waals surface area (Å²) in [6, 6.07) is 8.92. The minimum Gasteiger partial charge on any atom is -0.330 e. The molecule has 84 valence electrons. The van der Waals surface area contributed by atoms with Gasteiger partial charge in [0, 0.05) is 12.0 Å². The fourth-order valence-electron chi connectivity index (χ4n) is 1.62. The van der Waals surface area contributed by atoms with E-state index in [2.05, 4.69) is 45.0 Å². The second kappa shape index (κ2) is 5.32. The van der Waals surface area contributed by atoms with Crippen molar-refractivity contribution in [3.63, 3.8) is 0 Å². The third-order valence-electron chi connectivity index (χ3n) is 3.06. The maximum Gasteiger partial charge on any atom is 0.00190 e. The highest BCUT2D eigenvalue weighted by molar-refractivity contribution is 5.28. The maximum atomic E-state index is 5.76. The first-order valence-electron chi connectivity index (χ1n) is 5.89. The van der Waals surface area contributed by atoms with Gasteiger partial charge >= 0.3 is 0 Å². The van der Waals surface area contributed by atoms with Crippen LogP contribution >= 0.6 is 0 Å². The number of hydrogen-bond acceptors (Lipinski definition) is 1. The van der Waals surface area contributed by atoms with Crippen molar-refractivity contribution in [2.24, 2.45) is 5.73 Å².